The number of likely N-dealkylation sites (N-methyl/N-ethyl adjacent to an activating group) is 1. The van der Waals surface area contributed by atoms with Gasteiger partial charge in [0.15, 0.2) is 0 Å². The topological polar surface area (TPSA) is 19.4 Å². The highest BCUT2D eigenvalue weighted by molar-refractivity contribution is 6.17. The average molecular weight is 268 g/mol. The lowest BCUT2D eigenvalue weighted by Gasteiger charge is -2.23. The van der Waals surface area contributed by atoms with Crippen molar-refractivity contribution in [2.24, 2.45) is 5.92 Å². The zero-order valence-corrected chi connectivity index (χ0v) is 12.4. The van der Waals surface area contributed by atoms with Gasteiger partial charge in [-0.2, -0.15) is 0 Å². The molecule has 2 heterocycles. The first-order chi connectivity index (χ1) is 8.51. The maximum absolute atomic E-state index is 5.93. The molecule has 100 valence electrons. The third kappa shape index (κ3) is 2.78. The number of anilines is 1. The van der Waals surface area contributed by atoms with Crippen LogP contribution in [0.25, 0.3) is 0 Å². The van der Waals surface area contributed by atoms with Crippen molar-refractivity contribution in [3.63, 3.8) is 0 Å². The molecule has 1 aliphatic heterocycles. The summed E-state index contributed by atoms with van der Waals surface area (Å²) in [6, 6.07) is 4.77. The molecule has 1 fully saturated rings. The fourth-order valence-electron chi connectivity index (χ4n) is 2.77. The van der Waals surface area contributed by atoms with Crippen LogP contribution in [0, 0.1) is 12.8 Å². The van der Waals surface area contributed by atoms with Crippen LogP contribution in [0.4, 0.5) is 5.82 Å². The van der Waals surface area contributed by atoms with E-state index in [9.17, 15) is 0 Å². The molecule has 0 bridgehead atoms. The van der Waals surface area contributed by atoms with E-state index >= 15 is 0 Å². The second-order valence-electron chi connectivity index (χ2n) is 5.52. The van der Waals surface area contributed by atoms with Gasteiger partial charge in [-0.15, -0.1) is 11.6 Å². The molecule has 2 rings (SSSR count). The Morgan fingerprint density at radius 2 is 2.11 bits per heavy atom. The van der Waals surface area contributed by atoms with Gasteiger partial charge >= 0.3 is 0 Å². The van der Waals surface area contributed by atoms with Crippen molar-refractivity contribution in [1.29, 1.82) is 0 Å². The van der Waals surface area contributed by atoms with Crippen molar-refractivity contribution in [3.8, 4) is 0 Å². The summed E-state index contributed by atoms with van der Waals surface area (Å²) in [7, 11) is 4.30. The van der Waals surface area contributed by atoms with Gasteiger partial charge < -0.3 is 9.80 Å². The van der Waals surface area contributed by atoms with Gasteiger partial charge in [-0.1, -0.05) is 6.92 Å². The highest BCUT2D eigenvalue weighted by Crippen LogP contribution is 2.26. The van der Waals surface area contributed by atoms with E-state index in [1.807, 2.05) is 6.92 Å². The van der Waals surface area contributed by atoms with Gasteiger partial charge in [-0.25, -0.2) is 4.98 Å². The van der Waals surface area contributed by atoms with E-state index in [0.29, 0.717) is 17.8 Å². The van der Waals surface area contributed by atoms with Gasteiger partial charge in [0.1, 0.15) is 5.82 Å². The smallest absolute Gasteiger partial charge is 0.129 e. The molecule has 1 aromatic heterocycles. The first kappa shape index (κ1) is 13.6. The van der Waals surface area contributed by atoms with E-state index in [1.165, 1.54) is 0 Å². The summed E-state index contributed by atoms with van der Waals surface area (Å²) < 4.78 is 0. The summed E-state index contributed by atoms with van der Waals surface area (Å²) >= 11 is 5.93. The molecule has 0 saturated carbocycles. The van der Waals surface area contributed by atoms with E-state index in [-0.39, 0.29) is 0 Å². The molecule has 2 atom stereocenters. The number of alkyl halides is 1. The molecule has 0 amide bonds. The first-order valence-corrected chi connectivity index (χ1v) is 6.99. The average Bonchev–Trinajstić information content (AvgIpc) is 2.70. The lowest BCUT2D eigenvalue weighted by Crippen LogP contribution is -2.34. The van der Waals surface area contributed by atoms with Crippen LogP contribution in [0.3, 0.4) is 0 Å². The van der Waals surface area contributed by atoms with E-state index in [0.717, 1.165) is 30.2 Å². The Balaban J connectivity index is 2.20. The van der Waals surface area contributed by atoms with Crippen molar-refractivity contribution < 1.29 is 0 Å². The maximum Gasteiger partial charge on any atom is 0.129 e. The second kappa shape index (κ2) is 5.45. The Bertz CT molecular complexity index is 420. The second-order valence-corrected chi connectivity index (χ2v) is 5.79. The Hall–Kier alpha value is -0.800. The summed E-state index contributed by atoms with van der Waals surface area (Å²) in [5.74, 6) is 2.29. The Kier molecular flexibility index (Phi) is 4.13. The minimum absolute atomic E-state index is 0.552. The quantitative estimate of drug-likeness (QED) is 0.785. The molecule has 1 saturated heterocycles. The number of aromatic nitrogens is 1. The lowest BCUT2D eigenvalue weighted by molar-refractivity contribution is 0.266. The van der Waals surface area contributed by atoms with Crippen LogP contribution in [0.2, 0.25) is 0 Å². The molecule has 4 heteroatoms. The highest BCUT2D eigenvalue weighted by atomic mass is 35.5. The predicted octanol–water partition coefficient (Wildman–Crippen LogP) is 2.52. The van der Waals surface area contributed by atoms with E-state index in [1.54, 1.807) is 0 Å². The molecule has 0 N–H and O–H groups in total. The maximum atomic E-state index is 5.93. The number of aryl methyl sites for hydroxylation is 1. The summed E-state index contributed by atoms with van der Waals surface area (Å²) in [5, 5.41) is 0. The Morgan fingerprint density at radius 1 is 1.39 bits per heavy atom. The summed E-state index contributed by atoms with van der Waals surface area (Å²) in [4.78, 5) is 9.32. The van der Waals surface area contributed by atoms with Crippen LogP contribution in [-0.4, -0.2) is 43.1 Å². The number of pyridine rings is 1. The van der Waals surface area contributed by atoms with Crippen molar-refractivity contribution in [3.05, 3.63) is 23.4 Å². The first-order valence-electron chi connectivity index (χ1n) is 6.46. The van der Waals surface area contributed by atoms with Gasteiger partial charge in [0.25, 0.3) is 0 Å². The molecule has 2 unspecified atom stereocenters. The third-order valence-electron chi connectivity index (χ3n) is 3.71. The minimum Gasteiger partial charge on any atom is -0.355 e. The zero-order valence-electron chi connectivity index (χ0n) is 11.7. The highest BCUT2D eigenvalue weighted by Gasteiger charge is 2.31. The predicted molar refractivity (Wildman–Crippen MR) is 77.4 cm³/mol. The molecule has 18 heavy (non-hydrogen) atoms. The molecule has 0 aromatic carbocycles. The van der Waals surface area contributed by atoms with Crippen LogP contribution >= 0.6 is 11.6 Å². The molecule has 0 spiro atoms. The summed E-state index contributed by atoms with van der Waals surface area (Å²) in [6.07, 6.45) is 0. The standard InChI is InChI=1S/C14H22ClN3/c1-10-8-18(9-13(10)17(3)4)14-6-12(7-15)5-11(2)16-14/h5-6,10,13H,7-9H2,1-4H3. The number of rotatable bonds is 3. The normalized spacial score (nSPS) is 24.0. The number of halogens is 1. The third-order valence-corrected chi connectivity index (χ3v) is 4.02. The van der Waals surface area contributed by atoms with Crippen LogP contribution in [0.1, 0.15) is 18.2 Å². The Labute approximate surface area is 115 Å². The molecule has 1 aromatic rings. The van der Waals surface area contributed by atoms with Gasteiger partial charge in [-0.3, -0.25) is 0 Å². The summed E-state index contributed by atoms with van der Waals surface area (Å²) in [5.41, 5.74) is 2.20. The van der Waals surface area contributed by atoms with E-state index in [2.05, 4.69) is 47.9 Å². The van der Waals surface area contributed by atoms with Crippen molar-refractivity contribution >= 4 is 17.4 Å². The molecule has 0 radical (unpaired) electrons. The van der Waals surface area contributed by atoms with Crippen molar-refractivity contribution in [1.82, 2.24) is 9.88 Å². The van der Waals surface area contributed by atoms with Crippen LogP contribution in [0.15, 0.2) is 12.1 Å². The van der Waals surface area contributed by atoms with Crippen LogP contribution in [-0.2, 0) is 5.88 Å². The van der Waals surface area contributed by atoms with Crippen LogP contribution < -0.4 is 4.90 Å². The number of hydrogen-bond acceptors (Lipinski definition) is 3. The number of nitrogens with zero attached hydrogens (tertiary/aromatic N) is 3. The molecule has 0 aliphatic carbocycles. The number of hydrogen-bond donors (Lipinski definition) is 0. The van der Waals surface area contributed by atoms with Gasteiger partial charge in [-0.05, 0) is 44.6 Å². The molecular formula is C14H22ClN3. The van der Waals surface area contributed by atoms with E-state index in [4.69, 9.17) is 11.6 Å². The van der Waals surface area contributed by atoms with Crippen molar-refractivity contribution in [2.75, 3.05) is 32.1 Å². The SMILES string of the molecule is Cc1cc(CCl)cc(N2CC(C)C(N(C)C)C2)n1. The fraction of sp³-hybridized carbons (Fsp3) is 0.643. The monoisotopic (exact) mass is 267 g/mol. The van der Waals surface area contributed by atoms with Crippen molar-refractivity contribution in [2.45, 2.75) is 25.8 Å². The van der Waals surface area contributed by atoms with Gasteiger partial charge in [0.2, 0.25) is 0 Å². The molecular weight excluding hydrogens is 246 g/mol. The minimum atomic E-state index is 0.552. The summed E-state index contributed by atoms with van der Waals surface area (Å²) in [6.45, 7) is 6.46. The van der Waals surface area contributed by atoms with Crippen LogP contribution in [0.5, 0.6) is 0 Å². The van der Waals surface area contributed by atoms with Gasteiger partial charge in [0.05, 0.1) is 0 Å². The molecule has 1 aliphatic rings. The lowest BCUT2D eigenvalue weighted by atomic mass is 10.1. The zero-order chi connectivity index (χ0) is 13.3. The fourth-order valence-corrected chi connectivity index (χ4v) is 2.92. The largest absolute Gasteiger partial charge is 0.355 e. The Morgan fingerprint density at radius 3 is 2.67 bits per heavy atom. The van der Waals surface area contributed by atoms with E-state index < -0.39 is 0 Å². The molecule has 3 nitrogen and oxygen atoms in total. The van der Waals surface area contributed by atoms with Gasteiger partial charge in [0, 0.05) is 30.7 Å².